The molecule has 0 unspecified atom stereocenters. The van der Waals surface area contributed by atoms with Crippen molar-refractivity contribution in [2.45, 2.75) is 0 Å². The second kappa shape index (κ2) is 4.58. The van der Waals surface area contributed by atoms with Gasteiger partial charge in [-0.05, 0) is 12.1 Å². The highest BCUT2D eigenvalue weighted by atomic mass is 35.5. The van der Waals surface area contributed by atoms with Crippen molar-refractivity contribution in [3.05, 3.63) is 48.7 Å². The maximum Gasteiger partial charge on any atom is 0.162 e. The Morgan fingerprint density at radius 2 is 1.62 bits per heavy atom. The number of hydrogen-bond acceptors (Lipinski definition) is 1. The third-order valence-corrected chi connectivity index (χ3v) is 1.64. The molecule has 0 saturated carbocycles. The summed E-state index contributed by atoms with van der Waals surface area (Å²) in [7, 11) is 0. The Bertz CT molecular complexity index is 377. The monoisotopic (exact) mass is 195 g/mol. The number of aromatic amines is 1. The molecular formula is C10H10ClNO. The van der Waals surface area contributed by atoms with Gasteiger partial charge in [0.15, 0.2) is 5.58 Å². The Balaban J connectivity index is 0.000000845. The van der Waals surface area contributed by atoms with E-state index in [1.165, 1.54) is 0 Å². The molecule has 3 heteroatoms. The lowest BCUT2D eigenvalue weighted by atomic mass is 10.2. The highest BCUT2D eigenvalue weighted by molar-refractivity contribution is 5.85. The van der Waals surface area contributed by atoms with Crippen molar-refractivity contribution in [3.63, 3.8) is 0 Å². The molecule has 0 aliphatic carbocycles. The Morgan fingerprint density at radius 3 is 2.46 bits per heavy atom. The average Bonchev–Trinajstić information content (AvgIpc) is 2.06. The third kappa shape index (κ3) is 2.26. The highest BCUT2D eigenvalue weighted by Gasteiger charge is 1.86. The Morgan fingerprint density at radius 1 is 0.923 bits per heavy atom. The molecule has 2 nitrogen and oxygen atoms in total. The minimum atomic E-state index is 0. The van der Waals surface area contributed by atoms with Gasteiger partial charge in [-0.25, -0.2) is 5.16 Å². The molecule has 13 heavy (non-hydrogen) atoms. The van der Waals surface area contributed by atoms with Crippen LogP contribution in [0.2, 0.25) is 0 Å². The summed E-state index contributed by atoms with van der Waals surface area (Å²) < 4.78 is 5.24. The van der Waals surface area contributed by atoms with Crippen LogP contribution < -0.4 is 0 Å². The van der Waals surface area contributed by atoms with E-state index in [2.05, 4.69) is 5.16 Å². The second-order valence-corrected chi connectivity index (χ2v) is 2.48. The number of para-hydroxylation sites is 1. The van der Waals surface area contributed by atoms with E-state index < -0.39 is 0 Å². The molecule has 0 radical (unpaired) electrons. The summed E-state index contributed by atoms with van der Waals surface area (Å²) in [5, 5.41) is 3.79. The van der Waals surface area contributed by atoms with Gasteiger partial charge in [0.1, 0.15) is 0 Å². The molecular weight excluding hydrogens is 186 g/mol. The van der Waals surface area contributed by atoms with Crippen LogP contribution in [0.15, 0.2) is 53.2 Å². The van der Waals surface area contributed by atoms with Crippen LogP contribution in [0.1, 0.15) is 0 Å². The van der Waals surface area contributed by atoms with Gasteiger partial charge in [0.2, 0.25) is 0 Å². The summed E-state index contributed by atoms with van der Waals surface area (Å²) in [6.07, 6.45) is 1.74. The van der Waals surface area contributed by atoms with Crippen LogP contribution in [-0.2, 0) is 0 Å². The first-order chi connectivity index (χ1) is 5.97. The largest absolute Gasteiger partial charge is 0.382 e. The lowest BCUT2D eigenvalue weighted by molar-refractivity contribution is 0.444. The van der Waals surface area contributed by atoms with Crippen LogP contribution >= 0.6 is 12.4 Å². The van der Waals surface area contributed by atoms with Crippen molar-refractivity contribution in [2.75, 3.05) is 0 Å². The van der Waals surface area contributed by atoms with Crippen molar-refractivity contribution in [2.24, 2.45) is 0 Å². The minimum Gasteiger partial charge on any atom is -0.382 e. The summed E-state index contributed by atoms with van der Waals surface area (Å²) in [6, 6.07) is 13.7. The van der Waals surface area contributed by atoms with E-state index in [0.717, 1.165) is 11.0 Å². The first-order valence-electron chi connectivity index (χ1n) is 3.81. The van der Waals surface area contributed by atoms with E-state index in [4.69, 9.17) is 4.52 Å². The van der Waals surface area contributed by atoms with E-state index in [1.54, 1.807) is 6.20 Å². The van der Waals surface area contributed by atoms with Crippen LogP contribution in [0.4, 0.5) is 0 Å². The summed E-state index contributed by atoms with van der Waals surface area (Å²) in [4.78, 5) is 0. The van der Waals surface area contributed by atoms with Gasteiger partial charge in [-0.2, -0.15) is 0 Å². The van der Waals surface area contributed by atoms with Gasteiger partial charge >= 0.3 is 0 Å². The normalized spacial score (nSPS) is 8.92. The first-order valence-corrected chi connectivity index (χ1v) is 3.81. The maximum atomic E-state index is 5.24. The van der Waals surface area contributed by atoms with E-state index >= 15 is 0 Å². The van der Waals surface area contributed by atoms with Gasteiger partial charge in [0.25, 0.3) is 0 Å². The van der Waals surface area contributed by atoms with Crippen molar-refractivity contribution in [1.82, 2.24) is 5.16 Å². The zero-order valence-electron chi connectivity index (χ0n) is 6.94. The predicted octanol–water partition coefficient (Wildman–Crippen LogP) is 3.31. The van der Waals surface area contributed by atoms with Crippen LogP contribution in [0, 0.1) is 0 Å². The van der Waals surface area contributed by atoms with E-state index in [0.29, 0.717) is 0 Å². The summed E-state index contributed by atoms with van der Waals surface area (Å²) in [5.74, 6) is 0. The van der Waals surface area contributed by atoms with Crippen LogP contribution in [0.3, 0.4) is 0 Å². The molecule has 0 saturated heterocycles. The lowest BCUT2D eigenvalue weighted by Crippen LogP contribution is -1.69. The molecule has 0 fully saturated rings. The second-order valence-electron chi connectivity index (χ2n) is 2.48. The predicted molar refractivity (Wildman–Crippen MR) is 55.4 cm³/mol. The molecule has 0 bridgehead atoms. The van der Waals surface area contributed by atoms with Crippen LogP contribution in [0.25, 0.3) is 11.0 Å². The summed E-state index contributed by atoms with van der Waals surface area (Å²) in [6.45, 7) is 0. The Hall–Kier alpha value is -1.41. The van der Waals surface area contributed by atoms with Gasteiger partial charge in [0, 0.05) is 11.6 Å². The van der Waals surface area contributed by atoms with E-state index in [1.807, 2.05) is 42.5 Å². The number of fused-ring (bicyclic) bond motifs is 1. The van der Waals surface area contributed by atoms with Crippen LogP contribution in [0.5, 0.6) is 0 Å². The SMILES string of the molecule is Cl.c1ccc2ccccc2o[nH]c1. The number of halogens is 1. The van der Waals surface area contributed by atoms with Crippen molar-refractivity contribution in [3.8, 4) is 0 Å². The fourth-order valence-corrected chi connectivity index (χ4v) is 1.06. The van der Waals surface area contributed by atoms with Crippen LogP contribution in [-0.4, -0.2) is 5.16 Å². The van der Waals surface area contributed by atoms with Gasteiger partial charge in [0.05, 0.1) is 0 Å². The molecule has 1 aromatic heterocycles. The summed E-state index contributed by atoms with van der Waals surface area (Å²) >= 11 is 0. The Labute approximate surface area is 82.3 Å². The molecule has 0 spiro atoms. The number of aromatic nitrogens is 1. The number of H-pyrrole nitrogens is 1. The molecule has 2 aromatic rings. The minimum absolute atomic E-state index is 0. The van der Waals surface area contributed by atoms with Gasteiger partial charge in [-0.1, -0.05) is 30.3 Å². The quantitative estimate of drug-likeness (QED) is 0.687. The zero-order valence-corrected chi connectivity index (χ0v) is 7.75. The molecule has 0 amide bonds. The molecule has 68 valence electrons. The molecule has 1 aromatic carbocycles. The highest BCUT2D eigenvalue weighted by Crippen LogP contribution is 2.08. The molecule has 1 N–H and O–H groups in total. The number of nitrogens with one attached hydrogen (secondary N) is 1. The number of hydrogen-bond donors (Lipinski definition) is 1. The van der Waals surface area contributed by atoms with Gasteiger partial charge in [-0.3, -0.25) is 0 Å². The molecule has 2 rings (SSSR count). The lowest BCUT2D eigenvalue weighted by Gasteiger charge is -1.90. The van der Waals surface area contributed by atoms with Crippen molar-refractivity contribution in [1.29, 1.82) is 0 Å². The molecule has 1 heterocycles. The third-order valence-electron chi connectivity index (χ3n) is 1.64. The van der Waals surface area contributed by atoms with Crippen molar-refractivity contribution >= 4 is 23.4 Å². The standard InChI is InChI=1S/C10H9NO.ClH/c1-2-7-10-9(5-1)6-3-4-8-11-12-10;/h1-8,11H;1H. The smallest absolute Gasteiger partial charge is 0.162 e. The topological polar surface area (TPSA) is 28.9 Å². The summed E-state index contributed by atoms with van der Waals surface area (Å²) in [5.41, 5.74) is 0.845. The van der Waals surface area contributed by atoms with Crippen molar-refractivity contribution < 1.29 is 4.52 Å². The maximum absolute atomic E-state index is 5.24. The molecule has 0 aliphatic rings. The van der Waals surface area contributed by atoms with E-state index in [-0.39, 0.29) is 12.4 Å². The molecule has 0 aliphatic heterocycles. The fraction of sp³-hybridized carbons (Fsp3) is 0. The number of benzene rings is 1. The fourth-order valence-electron chi connectivity index (χ4n) is 1.06. The molecule has 0 atom stereocenters. The average molecular weight is 196 g/mol. The van der Waals surface area contributed by atoms with Gasteiger partial charge < -0.3 is 4.52 Å². The zero-order chi connectivity index (χ0) is 8.23. The Kier molecular flexibility index (Phi) is 3.41. The van der Waals surface area contributed by atoms with Gasteiger partial charge in [-0.15, -0.1) is 12.4 Å². The first kappa shape index (κ1) is 9.68. The van der Waals surface area contributed by atoms with E-state index in [9.17, 15) is 0 Å². The number of rotatable bonds is 0.